The number of alkyl halides is 2. The maximum Gasteiger partial charge on any atom is 0.247 e. The summed E-state index contributed by atoms with van der Waals surface area (Å²) in [6.07, 6.45) is -2.83. The molecule has 7 nitrogen and oxygen atoms in total. The van der Waals surface area contributed by atoms with E-state index in [-0.39, 0.29) is 4.43 Å². The average Bonchev–Trinajstić information content (AvgIpc) is 3.52. The second-order valence-corrected chi connectivity index (χ2v) is 10.3. The number of nitrogens with zero attached hydrogens (tertiary/aromatic N) is 3. The lowest BCUT2D eigenvalue weighted by Crippen LogP contribution is -2.40. The quantitative estimate of drug-likeness (QED) is 0.132. The highest BCUT2D eigenvalue weighted by Crippen LogP contribution is 2.44. The van der Waals surface area contributed by atoms with Crippen LogP contribution >= 0.6 is 22.6 Å². The molecule has 9 heteroatoms. The van der Waals surface area contributed by atoms with Gasteiger partial charge in [0.05, 0.1) is 10.1 Å². The summed E-state index contributed by atoms with van der Waals surface area (Å²) in [7, 11) is 0. The molecule has 0 amide bonds. The minimum atomic E-state index is -2.36. The van der Waals surface area contributed by atoms with E-state index in [1.165, 1.54) is 6.33 Å². The molecular formula is C30H26FIN4O3. The number of ether oxygens (including phenoxy) is 1. The van der Waals surface area contributed by atoms with Crippen LogP contribution in [-0.4, -0.2) is 47.3 Å². The lowest BCUT2D eigenvalue weighted by atomic mass is 9.77. The van der Waals surface area contributed by atoms with Crippen molar-refractivity contribution in [3.8, 4) is 0 Å². The van der Waals surface area contributed by atoms with Crippen molar-refractivity contribution in [1.29, 1.82) is 0 Å². The van der Waals surface area contributed by atoms with Crippen LogP contribution in [0.1, 0.15) is 28.5 Å². The number of aromatic nitrogens is 3. The van der Waals surface area contributed by atoms with E-state index >= 15 is 4.39 Å². The van der Waals surface area contributed by atoms with Gasteiger partial charge in [-0.2, -0.15) is 5.10 Å². The molecule has 0 unspecified atom stereocenters. The topological polar surface area (TPSA) is 91.9 Å². The van der Waals surface area contributed by atoms with Crippen LogP contribution in [0.3, 0.4) is 0 Å². The summed E-state index contributed by atoms with van der Waals surface area (Å²) in [5.74, 6) is -1.83. The van der Waals surface area contributed by atoms with E-state index in [2.05, 4.69) is 51.8 Å². The molecule has 5 aromatic rings. The highest BCUT2D eigenvalue weighted by Gasteiger charge is 2.55. The first-order valence-corrected chi connectivity index (χ1v) is 14.1. The number of hydrogen-bond acceptors (Lipinski definition) is 6. The molecule has 6 rings (SSSR count). The molecule has 1 fully saturated rings. The molecule has 0 aliphatic carbocycles. The van der Waals surface area contributed by atoms with Gasteiger partial charge < -0.3 is 20.3 Å². The molecule has 39 heavy (non-hydrogen) atoms. The van der Waals surface area contributed by atoms with Crippen molar-refractivity contribution < 1.29 is 19.3 Å². The van der Waals surface area contributed by atoms with Gasteiger partial charge in [-0.3, -0.25) is 0 Å². The fraction of sp³-hybridized carbons (Fsp3) is 0.200. The number of aliphatic hydroxyl groups excluding tert-OH is 2. The minimum absolute atomic E-state index is 0.127. The zero-order valence-electron chi connectivity index (χ0n) is 20.7. The summed E-state index contributed by atoms with van der Waals surface area (Å²) in [5, 5.41) is 29.1. The predicted molar refractivity (Wildman–Crippen MR) is 154 cm³/mol. The van der Waals surface area contributed by atoms with Crippen molar-refractivity contribution in [3.05, 3.63) is 132 Å². The van der Waals surface area contributed by atoms with Gasteiger partial charge in [0.2, 0.25) is 5.85 Å². The standard InChI is InChI=1S/C30H26FIN4O3/c31-29(18-32)27(38)25(37)26(39-29)23-16-17-24-28(33-19-34-36(23)24)35-30(20-10-4-1-5-11-20,21-12-6-2-7-13-21)22-14-8-3-9-15-22/h1-17,19,25-27,37-38H,18H2,(H,33,34,35)/t25-,26-,27-,29+/m0/s1. The van der Waals surface area contributed by atoms with Gasteiger partial charge in [0.15, 0.2) is 5.82 Å². The maximum absolute atomic E-state index is 15.1. The largest absolute Gasteiger partial charge is 0.387 e. The van der Waals surface area contributed by atoms with E-state index in [9.17, 15) is 10.2 Å². The third kappa shape index (κ3) is 4.29. The second-order valence-electron chi connectivity index (χ2n) is 9.53. The fourth-order valence-corrected chi connectivity index (χ4v) is 5.97. The number of rotatable bonds is 7. The van der Waals surface area contributed by atoms with Crippen LogP contribution in [0.15, 0.2) is 109 Å². The second kappa shape index (κ2) is 10.3. The molecule has 198 valence electrons. The van der Waals surface area contributed by atoms with Crippen LogP contribution in [0.25, 0.3) is 5.52 Å². The molecule has 4 atom stereocenters. The normalized spacial score (nSPS) is 23.2. The Balaban J connectivity index is 1.52. The van der Waals surface area contributed by atoms with Gasteiger partial charge in [0.1, 0.15) is 35.7 Å². The third-order valence-electron chi connectivity index (χ3n) is 7.28. The number of anilines is 1. The van der Waals surface area contributed by atoms with E-state index in [4.69, 9.17) is 4.74 Å². The third-order valence-corrected chi connectivity index (χ3v) is 8.32. The number of halogens is 2. The molecule has 0 saturated carbocycles. The van der Waals surface area contributed by atoms with Crippen molar-refractivity contribution in [2.24, 2.45) is 0 Å². The summed E-state index contributed by atoms with van der Waals surface area (Å²) in [4.78, 5) is 4.62. The van der Waals surface area contributed by atoms with E-state index in [0.29, 0.717) is 17.0 Å². The first-order valence-electron chi connectivity index (χ1n) is 12.5. The van der Waals surface area contributed by atoms with Crippen LogP contribution in [-0.2, 0) is 10.3 Å². The van der Waals surface area contributed by atoms with Gasteiger partial charge in [0.25, 0.3) is 0 Å². The Kier molecular flexibility index (Phi) is 6.84. The zero-order valence-corrected chi connectivity index (χ0v) is 22.9. The molecule has 1 aliphatic rings. The summed E-state index contributed by atoms with van der Waals surface area (Å²) in [6, 6.07) is 33.9. The number of aliphatic hydroxyl groups is 2. The SMILES string of the molecule is O[C@H]1[C@H](c2ccc3c(NC(c4ccccc4)(c4ccccc4)c4ccccc4)ncnn23)O[C@](F)(CI)[C@H]1O. The Morgan fingerprint density at radius 1 is 0.872 bits per heavy atom. The number of hydrogen-bond donors (Lipinski definition) is 3. The maximum atomic E-state index is 15.1. The molecule has 3 heterocycles. The van der Waals surface area contributed by atoms with Gasteiger partial charge >= 0.3 is 0 Å². The molecule has 3 N–H and O–H groups in total. The zero-order chi connectivity index (χ0) is 27.0. The summed E-state index contributed by atoms with van der Waals surface area (Å²) in [5.41, 5.74) is 3.22. The predicted octanol–water partition coefficient (Wildman–Crippen LogP) is 5.03. The van der Waals surface area contributed by atoms with E-state index in [1.54, 1.807) is 39.2 Å². The number of benzene rings is 3. The van der Waals surface area contributed by atoms with E-state index < -0.39 is 29.7 Å². The molecule has 2 aromatic heterocycles. The Bertz CT molecular complexity index is 1470. The van der Waals surface area contributed by atoms with Crippen molar-refractivity contribution in [2.45, 2.75) is 29.7 Å². The lowest BCUT2D eigenvalue weighted by molar-refractivity contribution is -0.156. The van der Waals surface area contributed by atoms with E-state index in [1.807, 2.05) is 54.6 Å². The van der Waals surface area contributed by atoms with Crippen LogP contribution in [0.4, 0.5) is 10.2 Å². The highest BCUT2D eigenvalue weighted by molar-refractivity contribution is 14.1. The van der Waals surface area contributed by atoms with Gasteiger partial charge in [-0.1, -0.05) is 114 Å². The molecule has 0 radical (unpaired) electrons. The molecule has 1 aliphatic heterocycles. The van der Waals surface area contributed by atoms with Gasteiger partial charge in [-0.15, -0.1) is 0 Å². The monoisotopic (exact) mass is 636 g/mol. The Labute approximate surface area is 238 Å². The Morgan fingerprint density at radius 2 is 1.41 bits per heavy atom. The highest BCUT2D eigenvalue weighted by atomic mass is 127. The summed E-state index contributed by atoms with van der Waals surface area (Å²) in [6.45, 7) is 0. The minimum Gasteiger partial charge on any atom is -0.387 e. The van der Waals surface area contributed by atoms with Crippen LogP contribution in [0, 0.1) is 0 Å². The first kappa shape index (κ1) is 25.9. The van der Waals surface area contributed by atoms with Gasteiger partial charge in [-0.25, -0.2) is 13.9 Å². The first-order chi connectivity index (χ1) is 19.0. The summed E-state index contributed by atoms with van der Waals surface area (Å²) >= 11 is 1.80. The molecule has 0 bridgehead atoms. The smallest absolute Gasteiger partial charge is 0.247 e. The van der Waals surface area contributed by atoms with Crippen LogP contribution in [0.2, 0.25) is 0 Å². The van der Waals surface area contributed by atoms with Crippen molar-refractivity contribution in [3.63, 3.8) is 0 Å². The average molecular weight is 636 g/mol. The lowest BCUT2D eigenvalue weighted by Gasteiger charge is -2.37. The molecular weight excluding hydrogens is 610 g/mol. The molecule has 3 aromatic carbocycles. The van der Waals surface area contributed by atoms with Crippen molar-refractivity contribution >= 4 is 33.9 Å². The fourth-order valence-electron chi connectivity index (χ4n) is 5.34. The number of nitrogens with one attached hydrogen (secondary N) is 1. The Hall–Kier alpha value is -3.38. The number of fused-ring (bicyclic) bond motifs is 1. The van der Waals surface area contributed by atoms with Gasteiger partial charge in [0, 0.05) is 0 Å². The summed E-state index contributed by atoms with van der Waals surface area (Å²) < 4.78 is 22.1. The van der Waals surface area contributed by atoms with Crippen LogP contribution in [0.5, 0.6) is 0 Å². The van der Waals surface area contributed by atoms with Crippen LogP contribution < -0.4 is 5.32 Å². The van der Waals surface area contributed by atoms with Crippen molar-refractivity contribution in [1.82, 2.24) is 14.6 Å². The Morgan fingerprint density at radius 3 is 1.90 bits per heavy atom. The van der Waals surface area contributed by atoms with Crippen molar-refractivity contribution in [2.75, 3.05) is 9.74 Å². The molecule has 1 saturated heterocycles. The van der Waals surface area contributed by atoms with E-state index in [0.717, 1.165) is 16.7 Å². The molecule has 0 spiro atoms. The van der Waals surface area contributed by atoms with Gasteiger partial charge in [-0.05, 0) is 28.8 Å².